The van der Waals surface area contributed by atoms with Gasteiger partial charge in [-0.15, -0.1) is 0 Å². The van der Waals surface area contributed by atoms with E-state index in [0.29, 0.717) is 24.6 Å². The number of esters is 3. The summed E-state index contributed by atoms with van der Waals surface area (Å²) >= 11 is 0. The molecule has 10 heteroatoms. The predicted molar refractivity (Wildman–Crippen MR) is 106 cm³/mol. The largest absolute Gasteiger partial charge is 0.500 e. The second-order valence-electron chi connectivity index (χ2n) is 4.77. The van der Waals surface area contributed by atoms with Gasteiger partial charge in [0.25, 0.3) is 0 Å². The lowest BCUT2D eigenvalue weighted by Gasteiger charge is -2.23. The molecule has 0 heterocycles. The number of ether oxygens (including phenoxy) is 3. The van der Waals surface area contributed by atoms with E-state index in [4.69, 9.17) is 18.0 Å². The average molecular weight is 421 g/mol. The van der Waals surface area contributed by atoms with Crippen molar-refractivity contribution < 1.29 is 41.9 Å². The number of hydrogen-bond acceptors (Lipinski definition) is 9. The van der Waals surface area contributed by atoms with Crippen molar-refractivity contribution in [3.63, 3.8) is 0 Å². The van der Waals surface area contributed by atoms with Crippen LogP contribution >= 0.6 is 0 Å². The lowest BCUT2D eigenvalue weighted by atomic mass is 10.4. The predicted octanol–water partition coefficient (Wildman–Crippen LogP) is 2.06. The molecule has 0 radical (unpaired) electrons. The molecule has 0 aliphatic rings. The van der Waals surface area contributed by atoms with E-state index in [9.17, 15) is 14.4 Å². The molecule has 162 valence electrons. The van der Waals surface area contributed by atoms with Crippen LogP contribution in [-0.2, 0) is 41.9 Å². The zero-order chi connectivity index (χ0) is 22.6. The van der Waals surface area contributed by atoms with Crippen molar-refractivity contribution in [2.24, 2.45) is 0 Å². The molecule has 0 atom stereocenters. The summed E-state index contributed by atoms with van der Waals surface area (Å²) in [5, 5.41) is 0. The topological polar surface area (TPSA) is 107 Å². The van der Waals surface area contributed by atoms with Crippen molar-refractivity contribution >= 4 is 26.7 Å². The van der Waals surface area contributed by atoms with Gasteiger partial charge in [0.05, 0.1) is 20.8 Å². The van der Waals surface area contributed by atoms with Gasteiger partial charge >= 0.3 is 26.7 Å². The fraction of sp³-hybridized carbons (Fsp3) is 0.500. The van der Waals surface area contributed by atoms with Gasteiger partial charge in [0.2, 0.25) is 0 Å². The first-order valence-electron chi connectivity index (χ1n) is 8.02. The van der Waals surface area contributed by atoms with Gasteiger partial charge in [0.15, 0.2) is 0 Å². The van der Waals surface area contributed by atoms with Crippen LogP contribution in [-0.4, -0.2) is 68.9 Å². The molecule has 0 aliphatic carbocycles. The van der Waals surface area contributed by atoms with E-state index in [1.807, 2.05) is 0 Å². The molecule has 0 amide bonds. The molecule has 0 spiro atoms. The van der Waals surface area contributed by atoms with Crippen molar-refractivity contribution in [2.45, 2.75) is 19.4 Å². The second kappa shape index (κ2) is 19.5. The van der Waals surface area contributed by atoms with Crippen LogP contribution < -0.4 is 0 Å². The second-order valence-corrected chi connectivity index (χ2v) is 7.86. The summed E-state index contributed by atoms with van der Waals surface area (Å²) in [7, 11) is 4.77. The Bertz CT molecular complexity index is 491. The Morgan fingerprint density at radius 2 is 1.32 bits per heavy atom. The third-order valence-electron chi connectivity index (χ3n) is 2.87. The zero-order valence-electron chi connectivity index (χ0n) is 17.6. The number of carbonyl (C=O) groups excluding carboxylic acids is 3. The van der Waals surface area contributed by atoms with Gasteiger partial charge in [0.1, 0.15) is 0 Å². The first kappa shape index (κ1) is 30.5. The summed E-state index contributed by atoms with van der Waals surface area (Å²) in [6.07, 6.45) is 2.88. The van der Waals surface area contributed by atoms with E-state index in [-0.39, 0.29) is 5.97 Å². The summed E-state index contributed by atoms with van der Waals surface area (Å²) in [5.74, 6) is -1.16. The third-order valence-corrected chi connectivity index (χ3v) is 5.70. The maximum absolute atomic E-state index is 10.7. The molecule has 0 saturated carbocycles. The first-order valence-corrected chi connectivity index (χ1v) is 9.95. The summed E-state index contributed by atoms with van der Waals surface area (Å²) in [4.78, 5) is 30.8. The Morgan fingerprint density at radius 1 is 0.857 bits per heavy atom. The lowest BCUT2D eigenvalue weighted by molar-refractivity contribution is -0.138. The van der Waals surface area contributed by atoms with Gasteiger partial charge in [-0.05, 0) is 13.3 Å². The van der Waals surface area contributed by atoms with E-state index in [1.165, 1.54) is 14.2 Å². The number of rotatable bonds is 10. The van der Waals surface area contributed by atoms with E-state index < -0.39 is 20.7 Å². The average Bonchev–Trinajstić information content (AvgIpc) is 2.73. The van der Waals surface area contributed by atoms with Crippen LogP contribution in [0.4, 0.5) is 0 Å². The summed E-state index contributed by atoms with van der Waals surface area (Å²) < 4.78 is 28.8. The van der Waals surface area contributed by atoms with Crippen LogP contribution in [0.25, 0.3) is 0 Å². The van der Waals surface area contributed by atoms with Gasteiger partial charge in [-0.25, -0.2) is 14.4 Å². The van der Waals surface area contributed by atoms with Crippen LogP contribution in [0.3, 0.4) is 0 Å². The number of hydrogen-bond donors (Lipinski definition) is 0. The lowest BCUT2D eigenvalue weighted by Crippen LogP contribution is -2.42. The quantitative estimate of drug-likeness (QED) is 0.172. The summed E-state index contributed by atoms with van der Waals surface area (Å²) in [5.41, 5.74) is 0.433. The van der Waals surface area contributed by atoms with Crippen LogP contribution in [0.5, 0.6) is 0 Å². The molecule has 9 nitrogen and oxygen atoms in total. The molecule has 0 unspecified atom stereocenters. The SMILES string of the molecule is C=C(C)C(=O)OC.C=CC(=O)OC.C=CC(=O)OCCC[Si](OC)(OC)OC. The monoisotopic (exact) mass is 420 g/mol. The highest BCUT2D eigenvalue weighted by Gasteiger charge is 2.36. The fourth-order valence-electron chi connectivity index (χ4n) is 1.33. The highest BCUT2D eigenvalue weighted by molar-refractivity contribution is 6.60. The van der Waals surface area contributed by atoms with Gasteiger partial charge in [-0.3, -0.25) is 0 Å². The standard InChI is InChI=1S/C9H18O5Si.C5H8O2.C4H6O2/c1-5-9(10)14-7-6-8-15(11-2,12-3)13-4;1-4(2)5(6)7-3;1-3-4(5)6-2/h5H,1,6-8H2,2-4H3;1H2,2-3H3;3H,1H2,2H3. The summed E-state index contributed by atoms with van der Waals surface area (Å²) in [6.45, 7) is 11.7. The molecular weight excluding hydrogens is 388 g/mol. The van der Waals surface area contributed by atoms with Gasteiger partial charge < -0.3 is 27.5 Å². The molecule has 0 saturated heterocycles. The van der Waals surface area contributed by atoms with Crippen LogP contribution in [0.1, 0.15) is 13.3 Å². The highest BCUT2D eigenvalue weighted by atomic mass is 28.4. The minimum atomic E-state index is -2.52. The minimum Gasteiger partial charge on any atom is -0.466 e. The molecule has 0 bridgehead atoms. The zero-order valence-corrected chi connectivity index (χ0v) is 18.6. The molecule has 0 aliphatic heterocycles. The molecule has 0 rings (SSSR count). The Balaban J connectivity index is -0.000000397. The third kappa shape index (κ3) is 17.2. The Kier molecular flexibility index (Phi) is 21.2. The molecule has 0 aromatic carbocycles. The smallest absolute Gasteiger partial charge is 0.466 e. The normalized spacial score (nSPS) is 9.36. The van der Waals surface area contributed by atoms with E-state index in [0.717, 1.165) is 12.2 Å². The fourth-order valence-corrected chi connectivity index (χ4v) is 3.02. The van der Waals surface area contributed by atoms with Crippen molar-refractivity contribution in [1.82, 2.24) is 0 Å². The van der Waals surface area contributed by atoms with Gasteiger partial charge in [-0.1, -0.05) is 19.7 Å². The van der Waals surface area contributed by atoms with Crippen molar-refractivity contribution in [1.29, 1.82) is 0 Å². The molecule has 28 heavy (non-hydrogen) atoms. The molecule has 0 fully saturated rings. The van der Waals surface area contributed by atoms with Crippen molar-refractivity contribution in [3.8, 4) is 0 Å². The highest BCUT2D eigenvalue weighted by Crippen LogP contribution is 2.14. The minimum absolute atomic E-state index is 0.315. The van der Waals surface area contributed by atoms with Gasteiger partial charge in [-0.2, -0.15) is 0 Å². The van der Waals surface area contributed by atoms with Crippen LogP contribution in [0.2, 0.25) is 6.04 Å². The van der Waals surface area contributed by atoms with Crippen LogP contribution in [0, 0.1) is 0 Å². The molecular formula is C18H32O9Si. The molecule has 0 aromatic heterocycles. The van der Waals surface area contributed by atoms with Crippen LogP contribution in [0.15, 0.2) is 37.5 Å². The van der Waals surface area contributed by atoms with Crippen molar-refractivity contribution in [3.05, 3.63) is 37.5 Å². The number of carbonyl (C=O) groups is 3. The Morgan fingerprint density at radius 3 is 1.54 bits per heavy atom. The van der Waals surface area contributed by atoms with Crippen molar-refractivity contribution in [2.75, 3.05) is 42.2 Å². The van der Waals surface area contributed by atoms with E-state index in [1.54, 1.807) is 28.3 Å². The first-order chi connectivity index (χ1) is 13.1. The Labute approximate surface area is 168 Å². The summed E-state index contributed by atoms with van der Waals surface area (Å²) in [6, 6.07) is 0.612. The van der Waals surface area contributed by atoms with E-state index in [2.05, 4.69) is 29.2 Å². The number of methoxy groups -OCH3 is 2. The van der Waals surface area contributed by atoms with E-state index >= 15 is 0 Å². The molecule has 0 aromatic rings. The maximum atomic E-state index is 10.7. The Hall–Kier alpha value is -2.27. The van der Waals surface area contributed by atoms with Gasteiger partial charge in [0, 0.05) is 45.1 Å². The maximum Gasteiger partial charge on any atom is 0.500 e. The molecule has 0 N–H and O–H groups in total.